The number of hydrogen-bond donors (Lipinski definition) is 1. The Hall–Kier alpha value is -2.29. The molecule has 0 radical (unpaired) electrons. The highest BCUT2D eigenvalue weighted by Gasteiger charge is 2.25. The molecule has 0 aliphatic carbocycles. The van der Waals surface area contributed by atoms with Gasteiger partial charge in [-0.1, -0.05) is 48.5 Å². The van der Waals surface area contributed by atoms with E-state index >= 15 is 0 Å². The Bertz CT molecular complexity index is 650. The normalized spacial score (nSPS) is 12.5. The molecular formula is C20H25NO2. The van der Waals surface area contributed by atoms with Crippen LogP contribution in [0, 0.1) is 6.92 Å². The van der Waals surface area contributed by atoms with E-state index in [4.69, 9.17) is 4.74 Å². The van der Waals surface area contributed by atoms with Crippen molar-refractivity contribution >= 4 is 5.91 Å². The second-order valence-electron chi connectivity index (χ2n) is 6.56. The molecule has 0 unspecified atom stereocenters. The minimum Gasteiger partial charge on any atom is -0.481 e. The van der Waals surface area contributed by atoms with Gasteiger partial charge in [0.25, 0.3) is 5.91 Å². The van der Waals surface area contributed by atoms with Crippen molar-refractivity contribution < 1.29 is 9.53 Å². The summed E-state index contributed by atoms with van der Waals surface area (Å²) in [5.74, 6) is 0.644. The van der Waals surface area contributed by atoms with Crippen LogP contribution in [-0.4, -0.2) is 17.6 Å². The molecule has 1 atom stereocenters. The fourth-order valence-corrected chi connectivity index (χ4v) is 2.52. The van der Waals surface area contributed by atoms with E-state index in [1.54, 1.807) is 6.92 Å². The Morgan fingerprint density at radius 3 is 2.35 bits per heavy atom. The zero-order valence-electron chi connectivity index (χ0n) is 14.3. The molecule has 2 aromatic rings. The van der Waals surface area contributed by atoms with Crippen LogP contribution in [0.25, 0.3) is 0 Å². The lowest BCUT2D eigenvalue weighted by molar-refractivity contribution is -0.128. The van der Waals surface area contributed by atoms with Crippen LogP contribution < -0.4 is 10.1 Å². The van der Waals surface area contributed by atoms with Gasteiger partial charge in [0.05, 0.1) is 0 Å². The number of nitrogens with one attached hydrogen (secondary N) is 1. The quantitative estimate of drug-likeness (QED) is 0.878. The van der Waals surface area contributed by atoms with Crippen molar-refractivity contribution in [3.63, 3.8) is 0 Å². The maximum atomic E-state index is 12.4. The van der Waals surface area contributed by atoms with Gasteiger partial charge >= 0.3 is 0 Å². The van der Waals surface area contributed by atoms with Crippen LogP contribution in [0.3, 0.4) is 0 Å². The molecule has 3 nitrogen and oxygen atoms in total. The van der Waals surface area contributed by atoms with Gasteiger partial charge in [0.2, 0.25) is 0 Å². The first kappa shape index (κ1) is 17.1. The molecule has 0 aromatic heterocycles. The summed E-state index contributed by atoms with van der Waals surface area (Å²) in [6.07, 6.45) is 0.238. The lowest BCUT2D eigenvalue weighted by Gasteiger charge is -2.28. The van der Waals surface area contributed by atoms with Gasteiger partial charge in [0.1, 0.15) is 5.75 Å². The number of benzene rings is 2. The maximum absolute atomic E-state index is 12.4. The SMILES string of the molecule is Cc1ccccc1O[C@@H](C)C(=O)NC(C)(C)Cc1ccccc1. The summed E-state index contributed by atoms with van der Waals surface area (Å²) >= 11 is 0. The number of para-hydroxylation sites is 1. The van der Waals surface area contributed by atoms with Crippen LogP contribution in [-0.2, 0) is 11.2 Å². The standard InChI is InChI=1S/C20H25NO2/c1-15-10-8-9-13-18(15)23-16(2)19(22)21-20(3,4)14-17-11-6-5-7-12-17/h5-13,16H,14H2,1-4H3,(H,21,22)/t16-/m0/s1. The Balaban J connectivity index is 1.96. The Morgan fingerprint density at radius 2 is 1.70 bits per heavy atom. The zero-order chi connectivity index (χ0) is 16.9. The van der Waals surface area contributed by atoms with Crippen LogP contribution in [0.2, 0.25) is 0 Å². The fraction of sp³-hybridized carbons (Fsp3) is 0.350. The van der Waals surface area contributed by atoms with Crippen molar-refractivity contribution in [2.45, 2.75) is 45.8 Å². The molecule has 0 bridgehead atoms. The number of rotatable bonds is 6. The van der Waals surface area contributed by atoms with E-state index in [1.165, 1.54) is 5.56 Å². The molecule has 1 amide bonds. The van der Waals surface area contributed by atoms with Crippen LogP contribution in [0.5, 0.6) is 5.75 Å². The van der Waals surface area contributed by atoms with Gasteiger partial charge in [-0.2, -0.15) is 0 Å². The lowest BCUT2D eigenvalue weighted by Crippen LogP contribution is -2.49. The molecule has 0 fully saturated rings. The first-order chi connectivity index (χ1) is 10.9. The molecular weight excluding hydrogens is 286 g/mol. The second kappa shape index (κ2) is 7.32. The van der Waals surface area contributed by atoms with Crippen LogP contribution in [0.1, 0.15) is 31.9 Å². The number of carbonyl (C=O) groups is 1. The van der Waals surface area contributed by atoms with Crippen molar-refractivity contribution in [3.05, 3.63) is 65.7 Å². The topological polar surface area (TPSA) is 38.3 Å². The number of carbonyl (C=O) groups excluding carboxylic acids is 1. The average Bonchev–Trinajstić information content (AvgIpc) is 2.49. The van der Waals surface area contributed by atoms with Crippen molar-refractivity contribution in [3.8, 4) is 5.75 Å². The second-order valence-corrected chi connectivity index (χ2v) is 6.56. The largest absolute Gasteiger partial charge is 0.481 e. The summed E-state index contributed by atoms with van der Waals surface area (Å²) in [5, 5.41) is 3.08. The number of aryl methyl sites for hydroxylation is 1. The first-order valence-corrected chi connectivity index (χ1v) is 7.96. The van der Waals surface area contributed by atoms with E-state index in [9.17, 15) is 4.79 Å². The fourth-order valence-electron chi connectivity index (χ4n) is 2.52. The summed E-state index contributed by atoms with van der Waals surface area (Å²) < 4.78 is 5.79. The molecule has 0 saturated carbocycles. The summed E-state index contributed by atoms with van der Waals surface area (Å²) in [7, 11) is 0. The Kier molecular flexibility index (Phi) is 5.43. The Morgan fingerprint density at radius 1 is 1.09 bits per heavy atom. The monoisotopic (exact) mass is 311 g/mol. The molecule has 0 saturated heterocycles. The van der Waals surface area contributed by atoms with Crippen LogP contribution in [0.4, 0.5) is 0 Å². The zero-order valence-corrected chi connectivity index (χ0v) is 14.3. The molecule has 2 rings (SSSR count). The van der Waals surface area contributed by atoms with E-state index in [1.807, 2.05) is 63.2 Å². The van der Waals surface area contributed by atoms with Crippen LogP contribution >= 0.6 is 0 Å². The van der Waals surface area contributed by atoms with Crippen molar-refractivity contribution in [1.82, 2.24) is 5.32 Å². The van der Waals surface area contributed by atoms with Crippen molar-refractivity contribution in [2.75, 3.05) is 0 Å². The summed E-state index contributed by atoms with van der Waals surface area (Å²) in [6, 6.07) is 17.9. The predicted octanol–water partition coefficient (Wildman–Crippen LogP) is 3.90. The summed E-state index contributed by atoms with van der Waals surface area (Å²) in [5.41, 5.74) is 1.89. The number of ether oxygens (including phenoxy) is 1. The van der Waals surface area contributed by atoms with Gasteiger partial charge in [-0.3, -0.25) is 4.79 Å². The third kappa shape index (κ3) is 5.13. The maximum Gasteiger partial charge on any atom is 0.261 e. The molecule has 2 aromatic carbocycles. The number of hydrogen-bond acceptors (Lipinski definition) is 2. The minimum absolute atomic E-state index is 0.103. The highest BCUT2D eigenvalue weighted by molar-refractivity contribution is 5.81. The molecule has 0 aliphatic heterocycles. The van der Waals surface area contributed by atoms with Gasteiger partial charge < -0.3 is 10.1 Å². The molecule has 23 heavy (non-hydrogen) atoms. The molecule has 0 heterocycles. The first-order valence-electron chi connectivity index (χ1n) is 7.96. The third-order valence-corrected chi connectivity index (χ3v) is 3.72. The summed E-state index contributed by atoms with van der Waals surface area (Å²) in [4.78, 5) is 12.4. The van der Waals surface area contributed by atoms with E-state index < -0.39 is 6.10 Å². The average molecular weight is 311 g/mol. The van der Waals surface area contributed by atoms with Crippen molar-refractivity contribution in [2.24, 2.45) is 0 Å². The van der Waals surface area contributed by atoms with Gasteiger partial charge in [-0.25, -0.2) is 0 Å². The van der Waals surface area contributed by atoms with Crippen LogP contribution in [0.15, 0.2) is 54.6 Å². The van der Waals surface area contributed by atoms with E-state index in [0.717, 1.165) is 17.7 Å². The molecule has 0 aliphatic rings. The molecule has 0 spiro atoms. The van der Waals surface area contributed by atoms with Gasteiger partial charge in [-0.05, 0) is 51.3 Å². The van der Waals surface area contributed by atoms with Gasteiger partial charge in [0.15, 0.2) is 6.10 Å². The van der Waals surface area contributed by atoms with Crippen molar-refractivity contribution in [1.29, 1.82) is 0 Å². The smallest absolute Gasteiger partial charge is 0.261 e. The predicted molar refractivity (Wildman–Crippen MR) is 93.6 cm³/mol. The highest BCUT2D eigenvalue weighted by Crippen LogP contribution is 2.18. The molecule has 3 heteroatoms. The number of amides is 1. The molecule has 122 valence electrons. The highest BCUT2D eigenvalue weighted by atomic mass is 16.5. The van der Waals surface area contributed by atoms with Gasteiger partial charge in [0, 0.05) is 5.54 Å². The van der Waals surface area contributed by atoms with E-state index in [0.29, 0.717) is 0 Å². The Labute approximate surface area is 138 Å². The lowest BCUT2D eigenvalue weighted by atomic mass is 9.94. The van der Waals surface area contributed by atoms with E-state index in [-0.39, 0.29) is 11.4 Å². The van der Waals surface area contributed by atoms with Gasteiger partial charge in [-0.15, -0.1) is 0 Å². The van der Waals surface area contributed by atoms with E-state index in [2.05, 4.69) is 17.4 Å². The summed E-state index contributed by atoms with van der Waals surface area (Å²) in [6.45, 7) is 7.80. The third-order valence-electron chi connectivity index (χ3n) is 3.72. The molecule has 1 N–H and O–H groups in total. The minimum atomic E-state index is -0.536.